The summed E-state index contributed by atoms with van der Waals surface area (Å²) in [6.45, 7) is 15.3. The van der Waals surface area contributed by atoms with Crippen LogP contribution in [-0.2, 0) is 14.3 Å². The second kappa shape index (κ2) is 10.7. The number of aliphatic hydroxyl groups excluding tert-OH is 6. The first kappa shape index (κ1) is 33.8. The van der Waals surface area contributed by atoms with Gasteiger partial charge in [-0.3, -0.25) is 4.79 Å². The molecule has 6 aliphatic rings. The van der Waals surface area contributed by atoms with E-state index in [4.69, 9.17) is 9.47 Å². The van der Waals surface area contributed by atoms with Crippen LogP contribution in [-0.4, -0.2) is 86.1 Å². The number of carbonyl (C=O) groups excluding carboxylic acids is 1. The summed E-state index contributed by atoms with van der Waals surface area (Å²) in [5.41, 5.74) is -0.718. The van der Waals surface area contributed by atoms with Crippen molar-refractivity contribution in [3.8, 4) is 0 Å². The quantitative estimate of drug-likeness (QED) is 0.202. The van der Waals surface area contributed by atoms with Crippen molar-refractivity contribution in [2.75, 3.05) is 6.61 Å². The first-order chi connectivity index (χ1) is 20.8. The molecule has 4 saturated carbocycles. The second-order valence-corrected chi connectivity index (χ2v) is 17.8. The van der Waals surface area contributed by atoms with Crippen molar-refractivity contribution >= 4 is 5.97 Å². The average Bonchev–Trinajstić information content (AvgIpc) is 2.97. The third-order valence-electron chi connectivity index (χ3n) is 15.3. The molecule has 6 rings (SSSR count). The fourth-order valence-electron chi connectivity index (χ4n) is 12.0. The van der Waals surface area contributed by atoms with Crippen LogP contribution in [0.25, 0.3) is 0 Å². The molecule has 6 N–H and O–H groups in total. The van der Waals surface area contributed by atoms with Gasteiger partial charge in [0.15, 0.2) is 0 Å². The molecule has 14 unspecified atom stereocenters. The van der Waals surface area contributed by atoms with Gasteiger partial charge in [0.05, 0.1) is 24.2 Å². The molecular weight excluding hydrogens is 576 g/mol. The zero-order valence-electron chi connectivity index (χ0n) is 28.3. The molecule has 1 aliphatic heterocycles. The number of hydrogen-bond acceptors (Lipinski definition) is 9. The minimum absolute atomic E-state index is 0.0602. The largest absolute Gasteiger partial charge is 0.432 e. The third-order valence-corrected chi connectivity index (χ3v) is 15.3. The van der Waals surface area contributed by atoms with Gasteiger partial charge in [-0.25, -0.2) is 0 Å². The Balaban J connectivity index is 1.38. The van der Waals surface area contributed by atoms with Crippen LogP contribution in [0.1, 0.15) is 106 Å². The molecule has 0 aromatic heterocycles. The Morgan fingerprint density at radius 2 is 1.51 bits per heavy atom. The Hall–Kier alpha value is -1.07. The minimum atomic E-state index is -1.68. The lowest BCUT2D eigenvalue weighted by Gasteiger charge is -2.71. The van der Waals surface area contributed by atoms with Crippen LogP contribution in [0.4, 0.5) is 0 Å². The van der Waals surface area contributed by atoms with Gasteiger partial charge in [0, 0.05) is 5.92 Å². The van der Waals surface area contributed by atoms with Crippen molar-refractivity contribution in [2.45, 2.75) is 149 Å². The van der Waals surface area contributed by atoms with Crippen LogP contribution in [0.5, 0.6) is 0 Å². The average molecular weight is 635 g/mol. The minimum Gasteiger partial charge on any atom is -0.432 e. The maximum atomic E-state index is 14.4. The van der Waals surface area contributed by atoms with E-state index in [1.807, 2.05) is 0 Å². The van der Waals surface area contributed by atoms with Gasteiger partial charge in [-0.15, -0.1) is 0 Å². The molecule has 0 amide bonds. The summed E-state index contributed by atoms with van der Waals surface area (Å²) >= 11 is 0. The topological polar surface area (TPSA) is 157 Å². The summed E-state index contributed by atoms with van der Waals surface area (Å²) in [5.74, 6) is -0.224. The highest BCUT2D eigenvalue weighted by Gasteiger charge is 2.71. The summed E-state index contributed by atoms with van der Waals surface area (Å²) in [6.07, 6.45) is 0.793. The molecule has 0 bridgehead atoms. The van der Waals surface area contributed by atoms with Gasteiger partial charge >= 0.3 is 5.97 Å². The SMILES string of the molecule is CC1(C)CCC2(C(=O)OC3OC(CO)C(O)C(O)C3O)CCC3(C)C(=CCC4C5(C)CCC(O)C(C)(C)C5CCC43C)C2C1O. The van der Waals surface area contributed by atoms with Crippen molar-refractivity contribution in [1.82, 2.24) is 0 Å². The van der Waals surface area contributed by atoms with E-state index in [-0.39, 0.29) is 27.8 Å². The maximum absolute atomic E-state index is 14.4. The van der Waals surface area contributed by atoms with E-state index >= 15 is 0 Å². The van der Waals surface area contributed by atoms with Crippen LogP contribution in [0.3, 0.4) is 0 Å². The number of aliphatic hydroxyl groups is 6. The molecular formula is C36H58O9. The maximum Gasteiger partial charge on any atom is 0.315 e. The zero-order valence-corrected chi connectivity index (χ0v) is 28.3. The first-order valence-electron chi connectivity index (χ1n) is 17.4. The van der Waals surface area contributed by atoms with Crippen molar-refractivity contribution in [3.05, 3.63) is 11.6 Å². The Morgan fingerprint density at radius 1 is 0.844 bits per heavy atom. The van der Waals surface area contributed by atoms with Gasteiger partial charge in [-0.1, -0.05) is 60.1 Å². The number of carbonyl (C=O) groups is 1. The molecule has 0 radical (unpaired) electrons. The van der Waals surface area contributed by atoms with E-state index < -0.39 is 66.1 Å². The molecule has 9 nitrogen and oxygen atoms in total. The van der Waals surface area contributed by atoms with E-state index in [2.05, 4.69) is 54.5 Å². The summed E-state index contributed by atoms with van der Waals surface area (Å²) in [7, 11) is 0. The lowest BCUT2D eigenvalue weighted by molar-refractivity contribution is -0.298. The number of ether oxygens (including phenoxy) is 2. The summed E-state index contributed by atoms with van der Waals surface area (Å²) < 4.78 is 11.5. The van der Waals surface area contributed by atoms with E-state index in [9.17, 15) is 35.4 Å². The molecule has 256 valence electrons. The predicted octanol–water partition coefficient (Wildman–Crippen LogP) is 3.46. The number of rotatable bonds is 3. The van der Waals surface area contributed by atoms with Crippen LogP contribution < -0.4 is 0 Å². The third kappa shape index (κ3) is 4.46. The van der Waals surface area contributed by atoms with Gasteiger partial charge < -0.3 is 40.1 Å². The first-order valence-corrected chi connectivity index (χ1v) is 17.4. The number of allylic oxidation sites excluding steroid dienone is 1. The second-order valence-electron chi connectivity index (χ2n) is 17.8. The van der Waals surface area contributed by atoms with Crippen molar-refractivity contribution in [2.24, 2.45) is 50.2 Å². The van der Waals surface area contributed by atoms with Gasteiger partial charge in [0.25, 0.3) is 0 Å². The molecule has 1 saturated heterocycles. The number of hydrogen-bond donors (Lipinski definition) is 6. The molecule has 0 aromatic carbocycles. The Morgan fingerprint density at radius 3 is 2.18 bits per heavy atom. The van der Waals surface area contributed by atoms with Crippen LogP contribution in [0.15, 0.2) is 11.6 Å². The number of fused-ring (bicyclic) bond motifs is 7. The Bertz CT molecular complexity index is 1210. The summed E-state index contributed by atoms with van der Waals surface area (Å²) in [4.78, 5) is 14.4. The Labute approximate surface area is 268 Å². The molecule has 5 aliphatic carbocycles. The van der Waals surface area contributed by atoms with Crippen LogP contribution >= 0.6 is 0 Å². The monoisotopic (exact) mass is 634 g/mol. The van der Waals surface area contributed by atoms with Gasteiger partial charge in [0.2, 0.25) is 6.29 Å². The summed E-state index contributed by atoms with van der Waals surface area (Å²) in [6, 6.07) is 0. The lowest BCUT2D eigenvalue weighted by atomic mass is 9.33. The van der Waals surface area contributed by atoms with Crippen molar-refractivity contribution in [3.63, 3.8) is 0 Å². The van der Waals surface area contributed by atoms with E-state index in [1.54, 1.807) is 0 Å². The van der Waals surface area contributed by atoms with Crippen molar-refractivity contribution < 1.29 is 44.9 Å². The highest BCUT2D eigenvalue weighted by molar-refractivity contribution is 5.79. The van der Waals surface area contributed by atoms with E-state index in [1.165, 1.54) is 0 Å². The normalized spacial score (nSPS) is 53.6. The highest BCUT2D eigenvalue weighted by Crippen LogP contribution is 2.75. The number of esters is 1. The van der Waals surface area contributed by atoms with Gasteiger partial charge in [-0.2, -0.15) is 0 Å². The fourth-order valence-corrected chi connectivity index (χ4v) is 12.0. The molecule has 0 aromatic rings. The van der Waals surface area contributed by atoms with Gasteiger partial charge in [-0.05, 0) is 96.7 Å². The lowest BCUT2D eigenvalue weighted by Crippen LogP contribution is -2.67. The highest BCUT2D eigenvalue weighted by atomic mass is 16.7. The van der Waals surface area contributed by atoms with E-state index in [0.29, 0.717) is 31.1 Å². The van der Waals surface area contributed by atoms with Crippen molar-refractivity contribution in [1.29, 1.82) is 0 Å². The summed E-state index contributed by atoms with van der Waals surface area (Å²) in [5, 5.41) is 64.2. The predicted molar refractivity (Wildman–Crippen MR) is 166 cm³/mol. The molecule has 5 fully saturated rings. The Kier molecular flexibility index (Phi) is 8.05. The molecule has 45 heavy (non-hydrogen) atoms. The smallest absolute Gasteiger partial charge is 0.315 e. The van der Waals surface area contributed by atoms with Crippen LogP contribution in [0, 0.1) is 50.2 Å². The van der Waals surface area contributed by atoms with Crippen LogP contribution in [0.2, 0.25) is 0 Å². The fraction of sp³-hybridized carbons (Fsp3) is 0.917. The molecule has 0 spiro atoms. The zero-order chi connectivity index (χ0) is 33.1. The molecule has 1 heterocycles. The van der Waals surface area contributed by atoms with Gasteiger partial charge in [0.1, 0.15) is 24.4 Å². The molecule has 14 atom stereocenters. The standard InChI is InChI=1S/C36H58O9/c1-31(2)14-16-36(30(43)45-29-27(41)26(40)25(39)20(18-37)44-29)17-15-34(6)19(24(36)28(31)42)8-9-22-33(5)12-11-23(38)32(3,4)21(33)10-13-35(22,34)7/h8,20-29,37-42H,9-18H2,1-7H3. The molecule has 9 heteroatoms. The van der Waals surface area contributed by atoms with E-state index in [0.717, 1.165) is 44.1 Å².